The third-order valence-electron chi connectivity index (χ3n) is 17.6. The Morgan fingerprint density at radius 3 is 0.914 bits per heavy atom. The molecule has 0 radical (unpaired) electrons. The lowest BCUT2D eigenvalue weighted by Crippen LogP contribution is -2.44. The number of esters is 2. The van der Waals surface area contributed by atoms with E-state index in [-0.39, 0.29) is 32.2 Å². The van der Waals surface area contributed by atoms with Crippen LogP contribution in [0.4, 0.5) is 0 Å². The molecular weight excluding hydrogens is 1150 g/mol. The van der Waals surface area contributed by atoms with Crippen LogP contribution in [-0.4, -0.2) is 82.3 Å². The van der Waals surface area contributed by atoms with Gasteiger partial charge >= 0.3 is 11.9 Å². The summed E-state index contributed by atoms with van der Waals surface area (Å²) in [5.41, 5.74) is 0. The fourth-order valence-corrected chi connectivity index (χ4v) is 11.6. The molecule has 0 aromatic heterocycles. The number of likely N-dealkylation sites (N-methyl/N-ethyl adjacent to an activating group) is 1. The van der Waals surface area contributed by atoms with Gasteiger partial charge in [0.1, 0.15) is 13.2 Å². The van der Waals surface area contributed by atoms with Crippen molar-refractivity contribution in [3.05, 3.63) is 85.1 Å². The van der Waals surface area contributed by atoms with Crippen molar-refractivity contribution in [1.29, 1.82) is 0 Å². The lowest BCUT2D eigenvalue weighted by atomic mass is 10.0. The average Bonchev–Trinajstić information content (AvgIpc) is 3.38. The number of carbonyl (C=O) groups excluding carboxylic acids is 3. The van der Waals surface area contributed by atoms with Gasteiger partial charge in [0, 0.05) is 12.8 Å². The number of rotatable bonds is 74. The van der Waals surface area contributed by atoms with Crippen molar-refractivity contribution in [2.24, 2.45) is 0 Å². The molecular formula is C84H151NO8. The predicted molar refractivity (Wildman–Crippen MR) is 398 cm³/mol. The smallest absolute Gasteiger partial charge is 0.306 e. The zero-order valence-corrected chi connectivity index (χ0v) is 61.9. The van der Waals surface area contributed by atoms with Gasteiger partial charge in [0.2, 0.25) is 0 Å². The van der Waals surface area contributed by atoms with Crippen LogP contribution >= 0.6 is 0 Å². The highest BCUT2D eigenvalue weighted by Crippen LogP contribution is 2.19. The van der Waals surface area contributed by atoms with Crippen LogP contribution in [0.1, 0.15) is 373 Å². The molecule has 9 nitrogen and oxygen atoms in total. The van der Waals surface area contributed by atoms with Crippen LogP contribution < -0.4 is 5.11 Å². The lowest BCUT2D eigenvalue weighted by molar-refractivity contribution is -0.870. The molecule has 0 aliphatic heterocycles. The molecule has 93 heavy (non-hydrogen) atoms. The Labute approximate surface area is 576 Å². The molecule has 0 heterocycles. The first-order valence-electron chi connectivity index (χ1n) is 39.7. The van der Waals surface area contributed by atoms with Crippen LogP contribution in [0.5, 0.6) is 0 Å². The topological polar surface area (TPSA) is 111 Å². The molecule has 0 aliphatic rings. The van der Waals surface area contributed by atoms with E-state index in [1.165, 1.54) is 270 Å². The van der Waals surface area contributed by atoms with E-state index in [4.69, 9.17) is 18.9 Å². The Balaban J connectivity index is 3.99. The summed E-state index contributed by atoms with van der Waals surface area (Å²) in [5.74, 6) is -2.26. The largest absolute Gasteiger partial charge is 0.545 e. The standard InChI is InChI=1S/C84H151NO8/c1-6-8-10-12-14-16-18-20-22-24-26-28-30-32-34-36-38-39-40-41-42-43-45-46-48-50-52-54-56-58-60-62-64-66-68-70-72-74-81(86)91-78-80(79-92-84(83(88)89)90-77-76-85(3,4)5)93-82(87)75-73-71-69-67-65-63-61-59-57-55-53-51-49-47-44-37-35-33-31-29-27-25-23-21-19-17-15-13-11-9-7-2/h9,11,15,17-18,20-21,23-24,26-27,29,33,35,80,84H,6-8,10,12-14,16,19,22,25,28,30-32,34,36-79H2,1-5H3/b11-9-,17-15-,20-18-,23-21-,26-24-,29-27-,35-33-. The first kappa shape index (κ1) is 89.5. The Morgan fingerprint density at radius 2 is 0.613 bits per heavy atom. The van der Waals surface area contributed by atoms with Gasteiger partial charge in [0.25, 0.3) is 0 Å². The number of unbranched alkanes of at least 4 members (excludes halogenated alkanes) is 45. The van der Waals surface area contributed by atoms with E-state index in [1.807, 2.05) is 21.1 Å². The normalized spacial score (nSPS) is 13.1. The number of hydrogen-bond donors (Lipinski definition) is 0. The van der Waals surface area contributed by atoms with E-state index in [0.29, 0.717) is 23.9 Å². The average molecular weight is 1300 g/mol. The molecule has 0 bridgehead atoms. The van der Waals surface area contributed by atoms with Gasteiger partial charge in [-0.25, -0.2) is 0 Å². The maximum atomic E-state index is 13.0. The van der Waals surface area contributed by atoms with Crippen LogP contribution in [0.3, 0.4) is 0 Å². The van der Waals surface area contributed by atoms with Gasteiger partial charge in [0.05, 0.1) is 40.3 Å². The number of carboxylic acids is 1. The molecule has 0 saturated heterocycles. The minimum atomic E-state index is -1.62. The van der Waals surface area contributed by atoms with Crippen LogP contribution in [0.2, 0.25) is 0 Å². The number of ether oxygens (including phenoxy) is 4. The molecule has 0 spiro atoms. The first-order valence-corrected chi connectivity index (χ1v) is 39.7. The summed E-state index contributed by atoms with van der Waals surface area (Å²) in [6.45, 7) is 4.68. The fraction of sp³-hybridized carbons (Fsp3) is 0.798. The molecule has 540 valence electrons. The molecule has 0 saturated carbocycles. The van der Waals surface area contributed by atoms with Crippen LogP contribution in [0.25, 0.3) is 0 Å². The highest BCUT2D eigenvalue weighted by Gasteiger charge is 2.22. The second-order valence-corrected chi connectivity index (χ2v) is 28.0. The van der Waals surface area contributed by atoms with E-state index in [9.17, 15) is 19.5 Å². The Kier molecular flexibility index (Phi) is 71.4. The Morgan fingerprint density at radius 1 is 0.333 bits per heavy atom. The van der Waals surface area contributed by atoms with Crippen molar-refractivity contribution in [3.8, 4) is 0 Å². The number of hydrogen-bond acceptors (Lipinski definition) is 8. The Hall–Kier alpha value is -3.53. The summed E-state index contributed by atoms with van der Waals surface area (Å²) >= 11 is 0. The van der Waals surface area contributed by atoms with Crippen molar-refractivity contribution in [1.82, 2.24) is 0 Å². The molecule has 0 aliphatic carbocycles. The molecule has 2 unspecified atom stereocenters. The number of quaternary nitrogens is 1. The zero-order valence-electron chi connectivity index (χ0n) is 61.9. The molecule has 0 amide bonds. The van der Waals surface area contributed by atoms with Gasteiger partial charge < -0.3 is 33.3 Å². The van der Waals surface area contributed by atoms with E-state index in [2.05, 4.69) is 98.9 Å². The van der Waals surface area contributed by atoms with Crippen LogP contribution in [0, 0.1) is 0 Å². The molecule has 0 N–H and O–H groups in total. The second kappa shape index (κ2) is 74.3. The first-order chi connectivity index (χ1) is 45.6. The van der Waals surface area contributed by atoms with E-state index >= 15 is 0 Å². The molecule has 0 aromatic rings. The van der Waals surface area contributed by atoms with Crippen LogP contribution in [0.15, 0.2) is 85.1 Å². The maximum Gasteiger partial charge on any atom is 0.306 e. The zero-order chi connectivity index (χ0) is 67.5. The number of nitrogens with zero attached hydrogens (tertiary/aromatic N) is 1. The SMILES string of the molecule is CC/C=C\C/C=C\C/C=C\C/C=C\C/C=C\CCCCCCCCCCCCCCCCCC(=O)OC(COC(=O)CCCCCCCCCCCCCCCCCCCCCCCCCCC/C=C\C/C=C\CCCCCCC)COC(OCC[N+](C)(C)C)C(=O)[O-]. The van der Waals surface area contributed by atoms with Gasteiger partial charge in [0.15, 0.2) is 12.4 Å². The van der Waals surface area contributed by atoms with Crippen molar-refractivity contribution >= 4 is 17.9 Å². The highest BCUT2D eigenvalue weighted by molar-refractivity contribution is 5.70. The van der Waals surface area contributed by atoms with Crippen molar-refractivity contribution in [2.75, 3.05) is 47.5 Å². The number of aliphatic carboxylic acids is 1. The molecule has 0 aromatic carbocycles. The second-order valence-electron chi connectivity index (χ2n) is 28.0. The maximum absolute atomic E-state index is 13.0. The third kappa shape index (κ3) is 75.7. The predicted octanol–water partition coefficient (Wildman–Crippen LogP) is 24.0. The van der Waals surface area contributed by atoms with E-state index < -0.39 is 24.3 Å². The summed E-state index contributed by atoms with van der Waals surface area (Å²) in [4.78, 5) is 37.6. The van der Waals surface area contributed by atoms with Crippen molar-refractivity contribution in [3.63, 3.8) is 0 Å². The number of carboxylic acid groups (broad SMARTS) is 1. The van der Waals surface area contributed by atoms with E-state index in [0.717, 1.165) is 70.6 Å². The summed E-state index contributed by atoms with van der Waals surface area (Å²) in [6.07, 6.45) is 98.5. The quantitative estimate of drug-likeness (QED) is 0.0195. The molecule has 0 rings (SSSR count). The third-order valence-corrected chi connectivity index (χ3v) is 17.6. The van der Waals surface area contributed by atoms with Gasteiger partial charge in [-0.1, -0.05) is 356 Å². The Bertz CT molecular complexity index is 1810. The summed E-state index contributed by atoms with van der Waals surface area (Å²) in [5, 5.41) is 11.9. The van der Waals surface area contributed by atoms with Gasteiger partial charge in [-0.2, -0.15) is 0 Å². The highest BCUT2D eigenvalue weighted by atomic mass is 16.7. The monoisotopic (exact) mass is 1300 g/mol. The minimum absolute atomic E-state index is 0.148. The van der Waals surface area contributed by atoms with Gasteiger partial charge in [-0.05, 0) is 89.9 Å². The van der Waals surface area contributed by atoms with Gasteiger partial charge in [-0.3, -0.25) is 9.59 Å². The fourth-order valence-electron chi connectivity index (χ4n) is 11.6. The minimum Gasteiger partial charge on any atom is -0.545 e. The molecule has 9 heteroatoms. The number of allylic oxidation sites excluding steroid dienone is 14. The summed E-state index contributed by atoms with van der Waals surface area (Å²) in [6, 6.07) is 0. The summed E-state index contributed by atoms with van der Waals surface area (Å²) < 4.78 is 22.9. The van der Waals surface area contributed by atoms with Gasteiger partial charge in [-0.15, -0.1) is 0 Å². The van der Waals surface area contributed by atoms with Crippen molar-refractivity contribution in [2.45, 2.75) is 386 Å². The van der Waals surface area contributed by atoms with Crippen LogP contribution in [-0.2, 0) is 33.3 Å². The lowest BCUT2D eigenvalue weighted by Gasteiger charge is -2.26. The van der Waals surface area contributed by atoms with E-state index in [1.54, 1.807) is 0 Å². The molecule has 2 atom stereocenters. The summed E-state index contributed by atoms with van der Waals surface area (Å²) in [7, 11) is 5.94. The molecule has 0 fully saturated rings. The number of carbonyl (C=O) groups is 3. The van der Waals surface area contributed by atoms with Crippen molar-refractivity contribution < 1.29 is 42.9 Å².